The summed E-state index contributed by atoms with van der Waals surface area (Å²) in [5.74, 6) is 0. The predicted molar refractivity (Wildman–Crippen MR) is 79.9 cm³/mol. The number of rotatable bonds is 1. The smallest absolute Gasteiger partial charge is 0.0708 e. The highest BCUT2D eigenvalue weighted by Gasteiger charge is 2.02. The van der Waals surface area contributed by atoms with Gasteiger partial charge in [-0.05, 0) is 35.7 Å². The molecule has 0 amide bonds. The molecule has 3 aromatic rings. The third-order valence-corrected chi connectivity index (χ3v) is 3.53. The van der Waals surface area contributed by atoms with E-state index < -0.39 is 0 Å². The number of hydrogen-bond donors (Lipinski definition) is 0. The van der Waals surface area contributed by atoms with Crippen molar-refractivity contribution in [2.75, 3.05) is 0 Å². The average molecular weight is 319 g/mol. The number of aromatic nitrogens is 1. The summed E-state index contributed by atoms with van der Waals surface area (Å²) in [4.78, 5) is 4.48. The van der Waals surface area contributed by atoms with Gasteiger partial charge >= 0.3 is 0 Å². The standard InChI is InChI=1S/C15H9BrClN/c16-13-5-4-10-8-15(18-9-12(10)6-13)11-2-1-3-14(17)7-11/h1-9H. The van der Waals surface area contributed by atoms with E-state index in [0.717, 1.165) is 26.1 Å². The second-order valence-electron chi connectivity index (χ2n) is 4.07. The van der Waals surface area contributed by atoms with Gasteiger partial charge in [0.05, 0.1) is 5.69 Å². The first-order valence-electron chi connectivity index (χ1n) is 5.54. The summed E-state index contributed by atoms with van der Waals surface area (Å²) in [6.07, 6.45) is 1.89. The fraction of sp³-hybridized carbons (Fsp3) is 0. The number of hydrogen-bond acceptors (Lipinski definition) is 1. The lowest BCUT2D eigenvalue weighted by molar-refractivity contribution is 1.35. The molecular weight excluding hydrogens is 310 g/mol. The average Bonchev–Trinajstić information content (AvgIpc) is 2.38. The van der Waals surface area contributed by atoms with Crippen LogP contribution in [0.4, 0.5) is 0 Å². The fourth-order valence-electron chi connectivity index (χ4n) is 1.92. The third-order valence-electron chi connectivity index (χ3n) is 2.80. The van der Waals surface area contributed by atoms with Crippen molar-refractivity contribution in [2.45, 2.75) is 0 Å². The summed E-state index contributed by atoms with van der Waals surface area (Å²) in [5.41, 5.74) is 1.97. The number of halogens is 2. The minimum Gasteiger partial charge on any atom is -0.256 e. The Morgan fingerprint density at radius 3 is 2.67 bits per heavy atom. The van der Waals surface area contributed by atoms with Crippen LogP contribution in [-0.4, -0.2) is 4.98 Å². The largest absolute Gasteiger partial charge is 0.256 e. The molecule has 0 fully saturated rings. The topological polar surface area (TPSA) is 12.9 Å². The molecule has 0 atom stereocenters. The molecule has 3 rings (SSSR count). The van der Waals surface area contributed by atoms with Gasteiger partial charge in [0.1, 0.15) is 0 Å². The van der Waals surface area contributed by atoms with Crippen molar-refractivity contribution >= 4 is 38.3 Å². The molecule has 0 saturated carbocycles. The molecule has 18 heavy (non-hydrogen) atoms. The third kappa shape index (κ3) is 2.26. The summed E-state index contributed by atoms with van der Waals surface area (Å²) in [6.45, 7) is 0. The van der Waals surface area contributed by atoms with Crippen LogP contribution >= 0.6 is 27.5 Å². The Morgan fingerprint density at radius 2 is 1.83 bits per heavy atom. The lowest BCUT2D eigenvalue weighted by Crippen LogP contribution is -1.84. The quantitative estimate of drug-likeness (QED) is 0.592. The first-order chi connectivity index (χ1) is 8.72. The second-order valence-corrected chi connectivity index (χ2v) is 5.42. The molecule has 88 valence electrons. The van der Waals surface area contributed by atoms with Crippen molar-refractivity contribution in [3.8, 4) is 11.3 Å². The number of nitrogens with zero attached hydrogens (tertiary/aromatic N) is 1. The van der Waals surface area contributed by atoms with E-state index in [2.05, 4.69) is 39.1 Å². The van der Waals surface area contributed by atoms with Gasteiger partial charge in [0.2, 0.25) is 0 Å². The number of pyridine rings is 1. The van der Waals surface area contributed by atoms with Gasteiger partial charge in [0.15, 0.2) is 0 Å². The van der Waals surface area contributed by atoms with Gasteiger partial charge in [-0.25, -0.2) is 0 Å². The van der Waals surface area contributed by atoms with Crippen LogP contribution in [0.15, 0.2) is 59.2 Å². The molecule has 0 aliphatic rings. The van der Waals surface area contributed by atoms with E-state index in [1.165, 1.54) is 5.39 Å². The number of benzene rings is 2. The van der Waals surface area contributed by atoms with Gasteiger partial charge in [-0.1, -0.05) is 45.7 Å². The lowest BCUT2D eigenvalue weighted by Gasteiger charge is -2.04. The Labute approximate surface area is 119 Å². The summed E-state index contributed by atoms with van der Waals surface area (Å²) in [5, 5.41) is 3.02. The minimum absolute atomic E-state index is 0.727. The maximum atomic E-state index is 6.00. The van der Waals surface area contributed by atoms with E-state index in [1.54, 1.807) is 0 Å². The first kappa shape index (κ1) is 11.7. The van der Waals surface area contributed by atoms with Gasteiger partial charge in [0, 0.05) is 26.6 Å². The Balaban J connectivity index is 2.16. The Morgan fingerprint density at radius 1 is 0.944 bits per heavy atom. The molecule has 0 unspecified atom stereocenters. The SMILES string of the molecule is Clc1cccc(-c2cc3ccc(Br)cc3cn2)c1. The molecule has 0 saturated heterocycles. The van der Waals surface area contributed by atoms with Crippen molar-refractivity contribution in [3.05, 3.63) is 64.2 Å². The van der Waals surface area contributed by atoms with Crippen LogP contribution in [0.2, 0.25) is 5.02 Å². The van der Waals surface area contributed by atoms with Crippen molar-refractivity contribution in [3.63, 3.8) is 0 Å². The van der Waals surface area contributed by atoms with Crippen LogP contribution in [0.3, 0.4) is 0 Å². The summed E-state index contributed by atoms with van der Waals surface area (Å²) < 4.78 is 1.06. The van der Waals surface area contributed by atoms with E-state index in [1.807, 2.05) is 36.5 Å². The Bertz CT molecular complexity index is 725. The Hall–Kier alpha value is -1.38. The molecular formula is C15H9BrClN. The first-order valence-corrected chi connectivity index (χ1v) is 6.71. The van der Waals surface area contributed by atoms with Crippen molar-refractivity contribution in [1.29, 1.82) is 0 Å². The van der Waals surface area contributed by atoms with Gasteiger partial charge in [-0.3, -0.25) is 4.98 Å². The van der Waals surface area contributed by atoms with Crippen molar-refractivity contribution in [1.82, 2.24) is 4.98 Å². The van der Waals surface area contributed by atoms with E-state index in [9.17, 15) is 0 Å². The molecule has 3 heteroatoms. The predicted octanol–water partition coefficient (Wildman–Crippen LogP) is 5.32. The lowest BCUT2D eigenvalue weighted by atomic mass is 10.1. The van der Waals surface area contributed by atoms with Gasteiger partial charge in [-0.2, -0.15) is 0 Å². The van der Waals surface area contributed by atoms with Crippen LogP contribution in [0, 0.1) is 0 Å². The van der Waals surface area contributed by atoms with Crippen molar-refractivity contribution < 1.29 is 0 Å². The molecule has 2 aromatic carbocycles. The molecule has 1 nitrogen and oxygen atoms in total. The zero-order valence-electron chi connectivity index (χ0n) is 9.40. The van der Waals surface area contributed by atoms with Crippen LogP contribution in [-0.2, 0) is 0 Å². The molecule has 0 bridgehead atoms. The zero-order valence-corrected chi connectivity index (χ0v) is 11.7. The van der Waals surface area contributed by atoms with Gasteiger partial charge in [-0.15, -0.1) is 0 Å². The summed E-state index contributed by atoms with van der Waals surface area (Å²) in [6, 6.07) is 16.0. The molecule has 0 N–H and O–H groups in total. The zero-order chi connectivity index (χ0) is 12.5. The second kappa shape index (κ2) is 4.71. The van der Waals surface area contributed by atoms with E-state index in [-0.39, 0.29) is 0 Å². The molecule has 1 heterocycles. The summed E-state index contributed by atoms with van der Waals surface area (Å²) in [7, 11) is 0. The molecule has 0 radical (unpaired) electrons. The maximum absolute atomic E-state index is 6.00. The maximum Gasteiger partial charge on any atom is 0.0708 e. The minimum atomic E-state index is 0.727. The monoisotopic (exact) mass is 317 g/mol. The molecule has 0 aliphatic carbocycles. The number of fused-ring (bicyclic) bond motifs is 1. The van der Waals surface area contributed by atoms with Gasteiger partial charge < -0.3 is 0 Å². The van der Waals surface area contributed by atoms with Crippen LogP contribution in [0.5, 0.6) is 0 Å². The molecule has 0 spiro atoms. The van der Waals surface area contributed by atoms with Crippen LogP contribution < -0.4 is 0 Å². The van der Waals surface area contributed by atoms with Crippen LogP contribution in [0.25, 0.3) is 22.0 Å². The normalized spacial score (nSPS) is 10.8. The summed E-state index contributed by atoms with van der Waals surface area (Å²) >= 11 is 9.46. The van der Waals surface area contributed by atoms with E-state index in [0.29, 0.717) is 0 Å². The highest BCUT2D eigenvalue weighted by atomic mass is 79.9. The van der Waals surface area contributed by atoms with Gasteiger partial charge in [0.25, 0.3) is 0 Å². The highest BCUT2D eigenvalue weighted by molar-refractivity contribution is 9.10. The van der Waals surface area contributed by atoms with E-state index >= 15 is 0 Å². The fourth-order valence-corrected chi connectivity index (χ4v) is 2.49. The Kier molecular flexibility index (Phi) is 3.06. The molecule has 1 aromatic heterocycles. The molecule has 0 aliphatic heterocycles. The van der Waals surface area contributed by atoms with E-state index in [4.69, 9.17) is 11.6 Å². The van der Waals surface area contributed by atoms with Crippen molar-refractivity contribution in [2.24, 2.45) is 0 Å². The van der Waals surface area contributed by atoms with Crippen LogP contribution in [0.1, 0.15) is 0 Å². The highest BCUT2D eigenvalue weighted by Crippen LogP contribution is 2.25.